The monoisotopic (exact) mass is 316 g/mol. The fraction of sp³-hybridized carbons (Fsp3) is 0.625. The summed E-state index contributed by atoms with van der Waals surface area (Å²) < 4.78 is 46.5. The number of aryl methyl sites for hydroxylation is 1. The first-order valence-electron chi connectivity index (χ1n) is 7.49. The van der Waals surface area contributed by atoms with Crippen molar-refractivity contribution in [3.05, 3.63) is 29.3 Å². The van der Waals surface area contributed by atoms with Crippen molar-refractivity contribution in [1.82, 2.24) is 0 Å². The van der Waals surface area contributed by atoms with Gasteiger partial charge in [-0.25, -0.2) is 4.39 Å². The standard InChI is InChI=1S/C16H25FO3S/c1-4-5-6-7-8-15(17)13(3)14-11-12(2)9-10-16(14)21(18,19)20/h9-11,13,15H,4-8H2,1-3H3,(H,18,19,20). The molecule has 0 aliphatic heterocycles. The Morgan fingerprint density at radius 2 is 1.90 bits per heavy atom. The van der Waals surface area contributed by atoms with Crippen LogP contribution in [0.4, 0.5) is 4.39 Å². The molecule has 0 aromatic heterocycles. The average Bonchev–Trinajstić information content (AvgIpc) is 2.41. The van der Waals surface area contributed by atoms with Crippen LogP contribution in [0.2, 0.25) is 0 Å². The number of benzene rings is 1. The van der Waals surface area contributed by atoms with E-state index in [1.54, 1.807) is 19.1 Å². The Bertz CT molecular complexity index is 555. The average molecular weight is 316 g/mol. The number of rotatable bonds is 8. The lowest BCUT2D eigenvalue weighted by molar-refractivity contribution is 0.264. The molecule has 0 saturated heterocycles. The molecule has 0 spiro atoms. The van der Waals surface area contributed by atoms with Crippen LogP contribution in [0.3, 0.4) is 0 Å². The maximum atomic E-state index is 14.3. The van der Waals surface area contributed by atoms with E-state index in [9.17, 15) is 17.4 Å². The van der Waals surface area contributed by atoms with Crippen molar-refractivity contribution in [3.8, 4) is 0 Å². The lowest BCUT2D eigenvalue weighted by Gasteiger charge is -2.20. The first-order chi connectivity index (χ1) is 9.77. The molecule has 2 atom stereocenters. The molecule has 0 bridgehead atoms. The molecule has 5 heteroatoms. The normalized spacial score (nSPS) is 14.9. The zero-order valence-electron chi connectivity index (χ0n) is 13.0. The highest BCUT2D eigenvalue weighted by Crippen LogP contribution is 2.31. The van der Waals surface area contributed by atoms with Crippen LogP contribution >= 0.6 is 0 Å². The van der Waals surface area contributed by atoms with Crippen LogP contribution in [0.25, 0.3) is 0 Å². The molecule has 0 radical (unpaired) electrons. The highest BCUT2D eigenvalue weighted by molar-refractivity contribution is 7.85. The number of halogens is 1. The molecule has 21 heavy (non-hydrogen) atoms. The van der Waals surface area contributed by atoms with Crippen LogP contribution in [0, 0.1) is 6.92 Å². The third kappa shape index (κ3) is 5.40. The van der Waals surface area contributed by atoms with E-state index in [4.69, 9.17) is 0 Å². The molecule has 1 N–H and O–H groups in total. The van der Waals surface area contributed by atoms with E-state index in [1.807, 2.05) is 6.92 Å². The largest absolute Gasteiger partial charge is 0.294 e. The zero-order chi connectivity index (χ0) is 16.0. The number of hydrogen-bond acceptors (Lipinski definition) is 2. The summed E-state index contributed by atoms with van der Waals surface area (Å²) in [5.41, 5.74) is 1.21. The summed E-state index contributed by atoms with van der Waals surface area (Å²) in [6.07, 6.45) is 3.28. The van der Waals surface area contributed by atoms with Gasteiger partial charge in [0.1, 0.15) is 6.17 Å². The van der Waals surface area contributed by atoms with E-state index in [0.717, 1.165) is 31.2 Å². The third-order valence-corrected chi connectivity index (χ3v) is 4.74. The first kappa shape index (κ1) is 18.1. The van der Waals surface area contributed by atoms with Gasteiger partial charge in [-0.15, -0.1) is 0 Å². The molecular weight excluding hydrogens is 291 g/mol. The van der Waals surface area contributed by atoms with E-state index < -0.39 is 22.2 Å². The fourth-order valence-electron chi connectivity index (χ4n) is 2.47. The summed E-state index contributed by atoms with van der Waals surface area (Å²) in [6.45, 7) is 5.59. The molecule has 1 aromatic rings. The smallest absolute Gasteiger partial charge is 0.282 e. The minimum Gasteiger partial charge on any atom is -0.282 e. The van der Waals surface area contributed by atoms with Gasteiger partial charge in [0.25, 0.3) is 10.1 Å². The maximum Gasteiger partial charge on any atom is 0.294 e. The number of unbranched alkanes of at least 4 members (excludes halogenated alkanes) is 3. The highest BCUT2D eigenvalue weighted by Gasteiger charge is 2.25. The Morgan fingerprint density at radius 1 is 1.24 bits per heavy atom. The van der Waals surface area contributed by atoms with Crippen LogP contribution in [0.15, 0.2) is 23.1 Å². The number of hydrogen-bond donors (Lipinski definition) is 1. The first-order valence-corrected chi connectivity index (χ1v) is 8.93. The molecule has 3 nitrogen and oxygen atoms in total. The Labute approximate surface area is 127 Å². The topological polar surface area (TPSA) is 54.4 Å². The van der Waals surface area contributed by atoms with Gasteiger partial charge in [-0.2, -0.15) is 8.42 Å². The molecule has 1 rings (SSSR count). The fourth-order valence-corrected chi connectivity index (χ4v) is 3.25. The van der Waals surface area contributed by atoms with Crippen molar-refractivity contribution in [2.75, 3.05) is 0 Å². The molecule has 0 heterocycles. The van der Waals surface area contributed by atoms with Gasteiger partial charge in [0.05, 0.1) is 4.90 Å². The van der Waals surface area contributed by atoms with Crippen LogP contribution in [-0.2, 0) is 10.1 Å². The highest BCUT2D eigenvalue weighted by atomic mass is 32.2. The van der Waals surface area contributed by atoms with Gasteiger partial charge < -0.3 is 0 Å². The second-order valence-electron chi connectivity index (χ2n) is 5.67. The predicted octanol–water partition coefficient (Wildman–Crippen LogP) is 4.65. The molecule has 0 aliphatic carbocycles. The van der Waals surface area contributed by atoms with Crippen LogP contribution < -0.4 is 0 Å². The Hall–Kier alpha value is -0.940. The molecule has 0 fully saturated rings. The van der Waals surface area contributed by atoms with Gasteiger partial charge in [-0.3, -0.25) is 4.55 Å². The minimum absolute atomic E-state index is 0.184. The van der Waals surface area contributed by atoms with Gasteiger partial charge in [0, 0.05) is 5.92 Å². The number of alkyl halides is 1. The SMILES string of the molecule is CCCCCCC(F)C(C)c1cc(C)ccc1S(=O)(=O)O. The van der Waals surface area contributed by atoms with Crippen molar-refractivity contribution in [2.45, 2.75) is 69.9 Å². The molecule has 2 unspecified atom stereocenters. The van der Waals surface area contributed by atoms with Crippen molar-refractivity contribution in [2.24, 2.45) is 0 Å². The second kappa shape index (κ2) is 7.90. The summed E-state index contributed by atoms with van der Waals surface area (Å²) >= 11 is 0. The molecule has 1 aromatic carbocycles. The molecule has 0 saturated carbocycles. The van der Waals surface area contributed by atoms with Crippen LogP contribution in [0.1, 0.15) is 63.0 Å². The minimum atomic E-state index is -4.32. The lowest BCUT2D eigenvalue weighted by atomic mass is 9.92. The quantitative estimate of drug-likeness (QED) is 0.561. The molecule has 0 amide bonds. The van der Waals surface area contributed by atoms with Gasteiger partial charge in [0.2, 0.25) is 0 Å². The van der Waals surface area contributed by atoms with Crippen LogP contribution in [-0.4, -0.2) is 19.1 Å². The lowest BCUT2D eigenvalue weighted by Crippen LogP contribution is -2.15. The van der Waals surface area contributed by atoms with Gasteiger partial charge in [-0.1, -0.05) is 57.2 Å². The summed E-state index contributed by atoms with van der Waals surface area (Å²) in [7, 11) is -4.32. The molecular formula is C16H25FO3S. The maximum absolute atomic E-state index is 14.3. The van der Waals surface area contributed by atoms with E-state index in [-0.39, 0.29) is 4.90 Å². The van der Waals surface area contributed by atoms with Gasteiger partial charge in [0.15, 0.2) is 0 Å². The second-order valence-corrected chi connectivity index (χ2v) is 7.06. The summed E-state index contributed by atoms with van der Waals surface area (Å²) in [5.74, 6) is -0.552. The van der Waals surface area contributed by atoms with Gasteiger partial charge >= 0.3 is 0 Å². The van der Waals surface area contributed by atoms with Crippen LogP contribution in [0.5, 0.6) is 0 Å². The van der Waals surface area contributed by atoms with Crippen molar-refractivity contribution in [1.29, 1.82) is 0 Å². The predicted molar refractivity (Wildman–Crippen MR) is 83.1 cm³/mol. The molecule has 0 aliphatic rings. The van der Waals surface area contributed by atoms with E-state index in [1.165, 1.54) is 6.07 Å². The van der Waals surface area contributed by atoms with Crippen molar-refractivity contribution in [3.63, 3.8) is 0 Å². The summed E-state index contributed by atoms with van der Waals surface area (Å²) in [5, 5.41) is 0. The third-order valence-electron chi connectivity index (χ3n) is 3.81. The van der Waals surface area contributed by atoms with Crippen molar-refractivity contribution >= 4 is 10.1 Å². The Balaban J connectivity index is 2.90. The summed E-state index contributed by atoms with van der Waals surface area (Å²) in [4.78, 5) is -0.184. The zero-order valence-corrected chi connectivity index (χ0v) is 13.8. The van der Waals surface area contributed by atoms with E-state index >= 15 is 0 Å². The Kier molecular flexibility index (Phi) is 6.81. The van der Waals surface area contributed by atoms with Crippen molar-refractivity contribution < 1.29 is 17.4 Å². The summed E-state index contributed by atoms with van der Waals surface area (Å²) in [6, 6.07) is 4.60. The molecule has 120 valence electrons. The van der Waals surface area contributed by atoms with Gasteiger partial charge in [-0.05, 0) is 25.0 Å². The van der Waals surface area contributed by atoms with E-state index in [0.29, 0.717) is 12.0 Å². The van der Waals surface area contributed by atoms with E-state index in [2.05, 4.69) is 6.92 Å². The Morgan fingerprint density at radius 3 is 2.48 bits per heavy atom.